The molecule has 7 heteroatoms. The number of carboxylic acids is 1. The van der Waals surface area contributed by atoms with Crippen molar-refractivity contribution in [1.82, 2.24) is 0 Å². The summed E-state index contributed by atoms with van der Waals surface area (Å²) in [4.78, 5) is 23.5. The highest BCUT2D eigenvalue weighted by molar-refractivity contribution is 7.90. The standard InChI is InChI=1S/C16H19NO5S/c1-3-5-16(6-4-7-16)15(20)17-12-8-11(14(18)19)9-13(10-12)23(2,21)22/h3,8-10H,1,4-7H2,2H3,(H,17,20)(H,18,19). The van der Waals surface area contributed by atoms with E-state index in [2.05, 4.69) is 11.9 Å². The van der Waals surface area contributed by atoms with Crippen molar-refractivity contribution in [3.63, 3.8) is 0 Å². The molecule has 2 N–H and O–H groups in total. The number of aromatic carboxylic acids is 1. The van der Waals surface area contributed by atoms with E-state index < -0.39 is 21.2 Å². The number of hydrogen-bond donors (Lipinski definition) is 2. The van der Waals surface area contributed by atoms with Crippen molar-refractivity contribution in [2.45, 2.75) is 30.6 Å². The van der Waals surface area contributed by atoms with Gasteiger partial charge in [-0.2, -0.15) is 0 Å². The molecule has 1 amide bonds. The van der Waals surface area contributed by atoms with Gasteiger partial charge in [0, 0.05) is 11.9 Å². The Bertz CT molecular complexity index is 763. The van der Waals surface area contributed by atoms with E-state index in [1.54, 1.807) is 6.08 Å². The van der Waals surface area contributed by atoms with Crippen molar-refractivity contribution >= 4 is 27.4 Å². The van der Waals surface area contributed by atoms with Crippen LogP contribution in [0.2, 0.25) is 0 Å². The number of rotatable bonds is 6. The van der Waals surface area contributed by atoms with Gasteiger partial charge in [-0.1, -0.05) is 12.5 Å². The van der Waals surface area contributed by atoms with Gasteiger partial charge in [0.1, 0.15) is 0 Å². The first-order chi connectivity index (χ1) is 10.7. The lowest BCUT2D eigenvalue weighted by Crippen LogP contribution is -2.41. The number of hydrogen-bond acceptors (Lipinski definition) is 4. The molecule has 1 aromatic rings. The molecule has 1 saturated carbocycles. The fourth-order valence-corrected chi connectivity index (χ4v) is 3.36. The Hall–Kier alpha value is -2.15. The van der Waals surface area contributed by atoms with Crippen LogP contribution in [-0.4, -0.2) is 31.7 Å². The zero-order chi connectivity index (χ0) is 17.3. The van der Waals surface area contributed by atoms with E-state index in [1.807, 2.05) is 0 Å². The molecule has 0 heterocycles. The number of sulfone groups is 1. The van der Waals surface area contributed by atoms with Gasteiger partial charge in [-0.15, -0.1) is 6.58 Å². The molecular weight excluding hydrogens is 318 g/mol. The molecule has 2 rings (SSSR count). The predicted molar refractivity (Wildman–Crippen MR) is 86.2 cm³/mol. The predicted octanol–water partition coefficient (Wildman–Crippen LogP) is 2.47. The van der Waals surface area contributed by atoms with Gasteiger partial charge in [-0.3, -0.25) is 4.79 Å². The van der Waals surface area contributed by atoms with Crippen LogP contribution in [0.15, 0.2) is 35.7 Å². The largest absolute Gasteiger partial charge is 0.478 e. The summed E-state index contributed by atoms with van der Waals surface area (Å²) in [5, 5.41) is 11.8. The molecule has 0 spiro atoms. The summed E-state index contributed by atoms with van der Waals surface area (Å²) in [6.45, 7) is 3.66. The minimum Gasteiger partial charge on any atom is -0.478 e. The Kier molecular flexibility index (Phi) is 4.61. The second-order valence-electron chi connectivity index (χ2n) is 5.90. The molecule has 1 aliphatic carbocycles. The maximum Gasteiger partial charge on any atom is 0.335 e. The van der Waals surface area contributed by atoms with Crippen LogP contribution < -0.4 is 5.32 Å². The van der Waals surface area contributed by atoms with E-state index in [-0.39, 0.29) is 22.1 Å². The van der Waals surface area contributed by atoms with E-state index in [9.17, 15) is 18.0 Å². The van der Waals surface area contributed by atoms with Gasteiger partial charge in [0.15, 0.2) is 9.84 Å². The lowest BCUT2D eigenvalue weighted by molar-refractivity contribution is -0.130. The van der Waals surface area contributed by atoms with Crippen LogP contribution in [0.5, 0.6) is 0 Å². The first-order valence-electron chi connectivity index (χ1n) is 7.19. The fraction of sp³-hybridized carbons (Fsp3) is 0.375. The minimum atomic E-state index is -3.59. The highest BCUT2D eigenvalue weighted by atomic mass is 32.2. The Labute approximate surface area is 135 Å². The fourth-order valence-electron chi connectivity index (χ4n) is 2.68. The van der Waals surface area contributed by atoms with Gasteiger partial charge in [-0.05, 0) is 37.5 Å². The molecule has 0 bridgehead atoms. The Balaban J connectivity index is 2.35. The van der Waals surface area contributed by atoms with Gasteiger partial charge in [0.2, 0.25) is 5.91 Å². The Morgan fingerprint density at radius 3 is 2.43 bits per heavy atom. The van der Waals surface area contributed by atoms with Crippen LogP contribution in [0, 0.1) is 5.41 Å². The van der Waals surface area contributed by atoms with Crippen molar-refractivity contribution in [1.29, 1.82) is 0 Å². The maximum atomic E-state index is 12.5. The topological polar surface area (TPSA) is 101 Å². The summed E-state index contributed by atoms with van der Waals surface area (Å²) in [7, 11) is -3.59. The molecule has 23 heavy (non-hydrogen) atoms. The van der Waals surface area contributed by atoms with Gasteiger partial charge in [0.25, 0.3) is 0 Å². The first kappa shape index (κ1) is 17.2. The zero-order valence-corrected chi connectivity index (χ0v) is 13.6. The molecule has 1 fully saturated rings. The van der Waals surface area contributed by atoms with Crippen LogP contribution in [0.1, 0.15) is 36.0 Å². The minimum absolute atomic E-state index is 0.140. The van der Waals surface area contributed by atoms with Crippen LogP contribution in [0.3, 0.4) is 0 Å². The molecule has 0 radical (unpaired) electrons. The van der Waals surface area contributed by atoms with E-state index in [0.717, 1.165) is 31.6 Å². The van der Waals surface area contributed by atoms with Crippen LogP contribution in [0.25, 0.3) is 0 Å². The lowest BCUT2D eigenvalue weighted by atomic mass is 9.66. The molecular formula is C16H19NO5S. The van der Waals surface area contributed by atoms with Gasteiger partial charge < -0.3 is 10.4 Å². The highest BCUT2D eigenvalue weighted by Gasteiger charge is 2.42. The lowest BCUT2D eigenvalue weighted by Gasteiger charge is -2.39. The van der Waals surface area contributed by atoms with Crippen LogP contribution in [-0.2, 0) is 14.6 Å². The summed E-state index contributed by atoms with van der Waals surface area (Å²) >= 11 is 0. The number of allylic oxidation sites excluding steroid dienone is 1. The van der Waals surface area contributed by atoms with Crippen LogP contribution in [0.4, 0.5) is 5.69 Å². The number of carbonyl (C=O) groups excluding carboxylic acids is 1. The molecule has 6 nitrogen and oxygen atoms in total. The van der Waals surface area contributed by atoms with Crippen molar-refractivity contribution in [3.05, 3.63) is 36.4 Å². The maximum absolute atomic E-state index is 12.5. The van der Waals surface area contributed by atoms with Crippen LogP contribution >= 0.6 is 0 Å². The monoisotopic (exact) mass is 337 g/mol. The third-order valence-corrected chi connectivity index (χ3v) is 5.26. The second kappa shape index (κ2) is 6.16. The van der Waals surface area contributed by atoms with E-state index in [4.69, 9.17) is 5.11 Å². The summed E-state index contributed by atoms with van der Waals surface area (Å²) in [6.07, 6.45) is 5.64. The van der Waals surface area contributed by atoms with E-state index >= 15 is 0 Å². The summed E-state index contributed by atoms with van der Waals surface area (Å²) in [5.41, 5.74) is -0.535. The van der Waals surface area contributed by atoms with Gasteiger partial charge in [-0.25, -0.2) is 13.2 Å². The molecule has 0 unspecified atom stereocenters. The van der Waals surface area contributed by atoms with Gasteiger partial charge in [0.05, 0.1) is 15.9 Å². The third-order valence-electron chi connectivity index (χ3n) is 4.17. The molecule has 124 valence electrons. The molecule has 1 aromatic carbocycles. The number of carbonyl (C=O) groups is 2. The van der Waals surface area contributed by atoms with Crippen molar-refractivity contribution < 1.29 is 23.1 Å². The number of amides is 1. The third kappa shape index (κ3) is 3.61. The normalized spacial score (nSPS) is 16.2. The summed E-state index contributed by atoms with van der Waals surface area (Å²) in [5.74, 6) is -1.49. The zero-order valence-electron chi connectivity index (χ0n) is 12.8. The van der Waals surface area contributed by atoms with Crippen molar-refractivity contribution in [2.24, 2.45) is 5.41 Å². The molecule has 1 aliphatic rings. The smallest absolute Gasteiger partial charge is 0.335 e. The molecule has 0 aromatic heterocycles. The van der Waals surface area contributed by atoms with Crippen molar-refractivity contribution in [2.75, 3.05) is 11.6 Å². The quantitative estimate of drug-likeness (QED) is 0.777. The second-order valence-corrected chi connectivity index (χ2v) is 7.92. The molecule has 0 aliphatic heterocycles. The first-order valence-corrected chi connectivity index (χ1v) is 9.08. The van der Waals surface area contributed by atoms with Gasteiger partial charge >= 0.3 is 5.97 Å². The number of nitrogens with one attached hydrogen (secondary N) is 1. The molecule has 0 saturated heterocycles. The van der Waals surface area contributed by atoms with E-state index in [0.29, 0.717) is 6.42 Å². The number of carboxylic acid groups (broad SMARTS) is 1. The summed E-state index contributed by atoms with van der Waals surface area (Å²) in [6, 6.07) is 3.62. The number of benzene rings is 1. The molecule has 0 atom stereocenters. The highest BCUT2D eigenvalue weighted by Crippen LogP contribution is 2.45. The Morgan fingerprint density at radius 2 is 2.00 bits per heavy atom. The number of anilines is 1. The van der Waals surface area contributed by atoms with E-state index in [1.165, 1.54) is 12.1 Å². The van der Waals surface area contributed by atoms with Crippen molar-refractivity contribution in [3.8, 4) is 0 Å². The SMILES string of the molecule is C=CCC1(C(=O)Nc2cc(C(=O)O)cc(S(C)(=O)=O)c2)CCC1. The summed E-state index contributed by atoms with van der Waals surface area (Å²) < 4.78 is 23.4. The average molecular weight is 337 g/mol. The average Bonchev–Trinajstić information content (AvgIpc) is 2.41. The Morgan fingerprint density at radius 1 is 1.35 bits per heavy atom.